The second-order valence-corrected chi connectivity index (χ2v) is 25.0. The van der Waals surface area contributed by atoms with Gasteiger partial charge < -0.3 is 50.8 Å². The standard InChI is InChI=1S/C76H86N12O4/c1-45(2)73(89)81-69-49(37-41-85(9)10)21-17-25-53(69)65-57-29-31-59(77-57)66(54-26-18-22-50(38-42-86(11)12)70(54)82-74(90)46(3)4)61-33-35-63(79-61)68(56-28-20-24-52(40-44-88(15)16)72(56)84-76(92)48(7)8)64-36-34-62(80-64)67(60-32-30-58(65)78-60)55-27-19-23-51(39-43-87(13)14)71(55)83-75(91)47(5)6/h17-36,77,80H,1,3,5,7,37-44H2,2,4,6,8-16H3,(H,81,89)(H,82,90)(H,83,91)(H,84,92). The number of nitrogens with one attached hydrogen (secondary N) is 6. The maximum absolute atomic E-state index is 14.1. The second kappa shape index (κ2) is 29.0. The van der Waals surface area contributed by atoms with Gasteiger partial charge in [0.25, 0.3) is 23.6 Å². The number of benzene rings is 4. The molecule has 2 aliphatic rings. The fourth-order valence-corrected chi connectivity index (χ4v) is 11.3. The van der Waals surface area contributed by atoms with Crippen LogP contribution in [0.25, 0.3) is 90.9 Å². The van der Waals surface area contributed by atoms with Crippen molar-refractivity contribution in [1.29, 1.82) is 0 Å². The number of nitrogens with zero attached hydrogens (tertiary/aromatic N) is 6. The quantitative estimate of drug-likeness (QED) is 0.0318. The number of para-hydroxylation sites is 4. The van der Waals surface area contributed by atoms with Gasteiger partial charge in [-0.25, -0.2) is 9.97 Å². The Labute approximate surface area is 541 Å². The molecule has 3 aromatic heterocycles. The van der Waals surface area contributed by atoms with Crippen molar-refractivity contribution in [2.75, 3.05) is 104 Å². The normalized spacial score (nSPS) is 11.8. The molecule has 16 nitrogen and oxygen atoms in total. The van der Waals surface area contributed by atoms with Crippen molar-refractivity contribution in [3.8, 4) is 44.5 Å². The number of carbonyl (C=O) groups excluding carboxylic acids is 4. The highest BCUT2D eigenvalue weighted by Crippen LogP contribution is 2.45. The van der Waals surface area contributed by atoms with Crippen molar-refractivity contribution in [2.45, 2.75) is 53.4 Å². The van der Waals surface area contributed by atoms with E-state index in [1.54, 1.807) is 27.7 Å². The molecule has 7 aromatic rings. The molecule has 0 fully saturated rings. The fourth-order valence-electron chi connectivity index (χ4n) is 11.3. The van der Waals surface area contributed by atoms with Crippen LogP contribution < -0.4 is 21.3 Å². The minimum Gasteiger partial charge on any atom is -0.354 e. The highest BCUT2D eigenvalue weighted by Gasteiger charge is 2.27. The molecule has 6 N–H and O–H groups in total. The van der Waals surface area contributed by atoms with Crippen molar-refractivity contribution in [3.63, 3.8) is 0 Å². The topological polar surface area (TPSA) is 187 Å². The first kappa shape index (κ1) is 66.6. The fraction of sp³-hybridized carbons (Fsp3) is 0.263. The minimum absolute atomic E-state index is 0.327. The summed E-state index contributed by atoms with van der Waals surface area (Å²) in [5.74, 6) is -1.31. The van der Waals surface area contributed by atoms with Gasteiger partial charge in [-0.2, -0.15) is 0 Å². The number of hydrogen-bond acceptors (Lipinski definition) is 10. The second-order valence-electron chi connectivity index (χ2n) is 25.0. The molecule has 0 spiro atoms. The van der Waals surface area contributed by atoms with Crippen molar-refractivity contribution in [3.05, 3.63) is 191 Å². The van der Waals surface area contributed by atoms with Crippen LogP contribution in [0.15, 0.2) is 146 Å². The van der Waals surface area contributed by atoms with Crippen LogP contribution in [0.2, 0.25) is 0 Å². The SMILES string of the molecule is C=C(C)C(=O)Nc1c(CCN(C)C)cccc1-c1c2nc(c(-c3cccc(CCN(C)C)c3NC(=O)C(=C)C)c3ccc([nH]3)c(-c3cccc(CCN(C)C)c3NC(=O)C(=C)C)c3nc(c(-c4cccc(CCN(C)C)c4NC(=O)C(=C)C)c4ccc1[nH]4)C=C3)C=C2. The van der Waals surface area contributed by atoms with Gasteiger partial charge in [0.15, 0.2) is 0 Å². The predicted octanol–water partition coefficient (Wildman–Crippen LogP) is 13.8. The van der Waals surface area contributed by atoms with Crippen LogP contribution in [-0.4, -0.2) is 146 Å². The Morgan fingerprint density at radius 3 is 0.739 bits per heavy atom. The molecule has 16 heteroatoms. The zero-order valence-electron chi connectivity index (χ0n) is 55.3. The van der Waals surface area contributed by atoms with Gasteiger partial charge in [-0.05, 0) is 181 Å². The molecular formula is C76H86N12O4. The Hall–Kier alpha value is -9.84. The Kier molecular flexibility index (Phi) is 21.0. The molecule has 5 heterocycles. The lowest BCUT2D eigenvalue weighted by Gasteiger charge is -2.19. The Bertz CT molecular complexity index is 3820. The van der Waals surface area contributed by atoms with Crippen LogP contribution in [0.1, 0.15) is 72.7 Å². The molecule has 4 aromatic carbocycles. The van der Waals surface area contributed by atoms with Crippen molar-refractivity contribution in [2.24, 2.45) is 0 Å². The van der Waals surface area contributed by atoms with E-state index in [4.69, 9.17) is 9.97 Å². The molecule has 9 rings (SSSR count). The van der Waals surface area contributed by atoms with Gasteiger partial charge in [0.05, 0.1) is 45.5 Å². The highest BCUT2D eigenvalue weighted by molar-refractivity contribution is 6.12. The molecule has 0 aliphatic carbocycles. The van der Waals surface area contributed by atoms with Crippen molar-refractivity contribution in [1.82, 2.24) is 39.5 Å². The maximum atomic E-state index is 14.1. The van der Waals surface area contributed by atoms with E-state index in [-0.39, 0.29) is 23.6 Å². The van der Waals surface area contributed by atoms with Gasteiger partial charge in [-0.3, -0.25) is 19.2 Å². The first-order valence-corrected chi connectivity index (χ1v) is 31.0. The summed E-state index contributed by atoms with van der Waals surface area (Å²) in [5, 5.41) is 13.1. The maximum Gasteiger partial charge on any atom is 0.250 e. The Morgan fingerprint density at radius 2 is 0.554 bits per heavy atom. The number of H-pyrrole nitrogens is 2. The minimum atomic E-state index is -0.327. The number of carbonyl (C=O) groups is 4. The van der Waals surface area contributed by atoms with Crippen molar-refractivity contribution >= 4 is 92.7 Å². The lowest BCUT2D eigenvalue weighted by atomic mass is 9.96. The van der Waals surface area contributed by atoms with E-state index < -0.39 is 0 Å². The largest absolute Gasteiger partial charge is 0.354 e. The molecule has 474 valence electrons. The number of likely N-dealkylation sites (N-methyl/N-ethyl adjacent to an activating group) is 4. The van der Waals surface area contributed by atoms with Crippen LogP contribution in [0.5, 0.6) is 0 Å². The van der Waals surface area contributed by atoms with Gasteiger partial charge in [0.2, 0.25) is 0 Å². The van der Waals surface area contributed by atoms with E-state index in [0.29, 0.717) is 186 Å². The predicted molar refractivity (Wildman–Crippen MR) is 383 cm³/mol. The molecule has 0 atom stereocenters. The molecule has 0 radical (unpaired) electrons. The smallest absolute Gasteiger partial charge is 0.250 e. The monoisotopic (exact) mass is 1230 g/mol. The third-order valence-corrected chi connectivity index (χ3v) is 16.3. The molecule has 2 aliphatic heterocycles. The van der Waals surface area contributed by atoms with E-state index >= 15 is 0 Å². The summed E-state index contributed by atoms with van der Waals surface area (Å²) in [7, 11) is 16.2. The molecule has 4 amide bonds. The first-order valence-electron chi connectivity index (χ1n) is 31.0. The van der Waals surface area contributed by atoms with Crippen LogP contribution in [0.3, 0.4) is 0 Å². The van der Waals surface area contributed by atoms with Gasteiger partial charge >= 0.3 is 0 Å². The van der Waals surface area contributed by atoms with Crippen LogP contribution >= 0.6 is 0 Å². The van der Waals surface area contributed by atoms with E-state index in [1.165, 1.54) is 0 Å². The lowest BCUT2D eigenvalue weighted by molar-refractivity contribution is -0.113. The first-order chi connectivity index (χ1) is 43.9. The van der Waals surface area contributed by atoms with Crippen LogP contribution in [0.4, 0.5) is 22.7 Å². The zero-order chi connectivity index (χ0) is 66.2. The number of aromatic amines is 2. The van der Waals surface area contributed by atoms with E-state index in [1.807, 2.05) is 178 Å². The zero-order valence-corrected chi connectivity index (χ0v) is 55.3. The number of amides is 4. The number of aromatic nitrogens is 4. The average molecular weight is 1230 g/mol. The van der Waals surface area contributed by atoms with E-state index in [0.717, 1.165) is 22.3 Å². The summed E-state index contributed by atoms with van der Waals surface area (Å²) in [6.45, 7) is 25.7. The van der Waals surface area contributed by atoms with Crippen LogP contribution in [-0.2, 0) is 44.9 Å². The number of hydrogen-bond donors (Lipinski definition) is 6. The van der Waals surface area contributed by atoms with E-state index in [2.05, 4.69) is 77.2 Å². The van der Waals surface area contributed by atoms with E-state index in [9.17, 15) is 19.2 Å². The van der Waals surface area contributed by atoms with Crippen molar-refractivity contribution < 1.29 is 19.2 Å². The third kappa shape index (κ3) is 15.1. The average Bonchev–Trinajstić information content (AvgIpc) is 1.61. The summed E-state index contributed by atoms with van der Waals surface area (Å²) < 4.78 is 0. The summed E-state index contributed by atoms with van der Waals surface area (Å²) in [6.07, 6.45) is 10.4. The molecule has 0 saturated carbocycles. The summed E-state index contributed by atoms with van der Waals surface area (Å²) in [6, 6.07) is 32.3. The summed E-state index contributed by atoms with van der Waals surface area (Å²) in [4.78, 5) is 83.9. The van der Waals surface area contributed by atoms with Gasteiger partial charge in [0.1, 0.15) is 0 Å². The molecule has 0 saturated heterocycles. The Morgan fingerprint density at radius 1 is 0.348 bits per heavy atom. The number of rotatable bonds is 24. The lowest BCUT2D eigenvalue weighted by Crippen LogP contribution is -2.18. The highest BCUT2D eigenvalue weighted by atomic mass is 16.2. The van der Waals surface area contributed by atoms with Gasteiger partial charge in [-0.15, -0.1) is 0 Å². The Balaban J connectivity index is 1.55. The molecule has 92 heavy (non-hydrogen) atoms. The van der Waals surface area contributed by atoms with Gasteiger partial charge in [-0.1, -0.05) is 99.1 Å². The number of anilines is 4. The molecular weight excluding hydrogens is 1140 g/mol. The number of fused-ring (bicyclic) bond motifs is 8. The molecule has 0 unspecified atom stereocenters. The third-order valence-electron chi connectivity index (χ3n) is 16.3. The summed E-state index contributed by atoms with van der Waals surface area (Å²) in [5.41, 5.74) is 18.0. The summed E-state index contributed by atoms with van der Waals surface area (Å²) >= 11 is 0. The van der Waals surface area contributed by atoms with Crippen LogP contribution in [0, 0.1) is 0 Å². The van der Waals surface area contributed by atoms with Gasteiger partial charge in [0, 0.05) is 115 Å². The molecule has 8 bridgehead atoms.